The van der Waals surface area contributed by atoms with Gasteiger partial charge in [0.15, 0.2) is 5.58 Å². The second-order valence-electron chi connectivity index (χ2n) is 8.06. The van der Waals surface area contributed by atoms with Crippen molar-refractivity contribution in [3.8, 4) is 0 Å². The summed E-state index contributed by atoms with van der Waals surface area (Å²) in [5.74, 6) is 1.01. The van der Waals surface area contributed by atoms with Crippen LogP contribution in [0.2, 0.25) is 0 Å². The fraction of sp³-hybridized carbons (Fsp3) is 0.455. The molecule has 2 aliphatic rings. The van der Waals surface area contributed by atoms with Crippen molar-refractivity contribution in [2.75, 3.05) is 62.3 Å². The summed E-state index contributed by atoms with van der Waals surface area (Å²) in [7, 11) is 0. The molecule has 0 bridgehead atoms. The molecule has 10 heteroatoms. The van der Waals surface area contributed by atoms with E-state index in [0.29, 0.717) is 50.5 Å². The minimum Gasteiger partial charge on any atom is -0.408 e. The van der Waals surface area contributed by atoms with Crippen molar-refractivity contribution in [1.29, 1.82) is 0 Å². The number of carbonyl (C=O) groups excluding carboxylic acids is 1. The Labute approximate surface area is 185 Å². The molecule has 0 saturated carbocycles. The highest BCUT2D eigenvalue weighted by Gasteiger charge is 2.25. The molecule has 0 N–H and O–H groups in total. The van der Waals surface area contributed by atoms with Gasteiger partial charge in [0.2, 0.25) is 11.9 Å². The minimum absolute atomic E-state index is 0.0242. The van der Waals surface area contributed by atoms with E-state index in [0.717, 1.165) is 30.5 Å². The summed E-state index contributed by atoms with van der Waals surface area (Å²) < 4.78 is 12.1. The Hall–Kier alpha value is -3.40. The highest BCUT2D eigenvalue weighted by Crippen LogP contribution is 2.20. The molecule has 0 atom stereocenters. The highest BCUT2D eigenvalue weighted by molar-refractivity contribution is 5.79. The number of morpholine rings is 1. The molecular weight excluding hydrogens is 412 g/mol. The van der Waals surface area contributed by atoms with Gasteiger partial charge in [-0.15, -0.1) is 0 Å². The largest absolute Gasteiger partial charge is 0.420 e. The number of carbonyl (C=O) groups is 1. The van der Waals surface area contributed by atoms with Gasteiger partial charge in [-0.2, -0.15) is 4.98 Å². The molecule has 0 spiro atoms. The normalized spacial score (nSPS) is 17.2. The van der Waals surface area contributed by atoms with Crippen molar-refractivity contribution in [3.05, 3.63) is 46.6 Å². The number of hydrogen-bond donors (Lipinski definition) is 0. The number of oxazole rings is 1. The molecule has 4 heterocycles. The number of rotatable bonds is 4. The number of anilines is 2. The van der Waals surface area contributed by atoms with Crippen LogP contribution in [0.3, 0.4) is 0 Å². The van der Waals surface area contributed by atoms with Gasteiger partial charge < -0.3 is 23.9 Å². The molecule has 2 aliphatic heterocycles. The highest BCUT2D eigenvalue weighted by atomic mass is 16.5. The lowest BCUT2D eigenvalue weighted by Crippen LogP contribution is -2.50. The molecule has 0 unspecified atom stereocenters. The zero-order valence-corrected chi connectivity index (χ0v) is 18.1. The molecule has 1 aromatic carbocycles. The third-order valence-corrected chi connectivity index (χ3v) is 5.95. The standard InChI is InChI=1S/C22H26N6O4/c1-16-14-19(24-21(23-16)27-10-12-31-13-11-27)25-6-8-26(9-7-25)20(29)15-28-17-4-2-3-5-18(17)32-22(28)30/h2-5,14H,6-13,15H2,1H3. The van der Waals surface area contributed by atoms with E-state index < -0.39 is 5.76 Å². The zero-order chi connectivity index (χ0) is 22.1. The number of ether oxygens (including phenoxy) is 1. The van der Waals surface area contributed by atoms with Crippen LogP contribution in [-0.2, 0) is 16.1 Å². The van der Waals surface area contributed by atoms with Crippen LogP contribution in [0.5, 0.6) is 0 Å². The first-order valence-electron chi connectivity index (χ1n) is 10.9. The number of benzene rings is 1. The Balaban J connectivity index is 1.25. The number of amides is 1. The first-order valence-corrected chi connectivity index (χ1v) is 10.9. The quantitative estimate of drug-likeness (QED) is 0.592. The van der Waals surface area contributed by atoms with Crippen LogP contribution < -0.4 is 15.6 Å². The van der Waals surface area contributed by atoms with Crippen molar-refractivity contribution in [2.24, 2.45) is 0 Å². The summed E-state index contributed by atoms with van der Waals surface area (Å²) in [4.78, 5) is 40.6. The molecule has 2 fully saturated rings. The molecule has 3 aromatic rings. The molecule has 5 rings (SSSR count). The van der Waals surface area contributed by atoms with Crippen molar-refractivity contribution in [2.45, 2.75) is 13.5 Å². The summed E-state index contributed by atoms with van der Waals surface area (Å²) in [6, 6.07) is 9.13. The van der Waals surface area contributed by atoms with E-state index >= 15 is 0 Å². The van der Waals surface area contributed by atoms with Gasteiger partial charge in [-0.3, -0.25) is 9.36 Å². The molecule has 0 radical (unpaired) electrons. The van der Waals surface area contributed by atoms with Gasteiger partial charge in [-0.1, -0.05) is 12.1 Å². The zero-order valence-electron chi connectivity index (χ0n) is 18.1. The Kier molecular flexibility index (Phi) is 5.52. The molecular formula is C22H26N6O4. The van der Waals surface area contributed by atoms with Crippen LogP contribution in [0.15, 0.2) is 39.5 Å². The Morgan fingerprint density at radius 1 is 1.00 bits per heavy atom. The Morgan fingerprint density at radius 3 is 2.53 bits per heavy atom. The van der Waals surface area contributed by atoms with E-state index in [9.17, 15) is 9.59 Å². The lowest BCUT2D eigenvalue weighted by Gasteiger charge is -2.36. The van der Waals surface area contributed by atoms with Gasteiger partial charge in [-0.25, -0.2) is 9.78 Å². The van der Waals surface area contributed by atoms with Crippen LogP contribution >= 0.6 is 0 Å². The SMILES string of the molecule is Cc1cc(N2CCN(C(=O)Cn3c(=O)oc4ccccc43)CC2)nc(N2CCOCC2)n1. The average molecular weight is 438 g/mol. The maximum atomic E-state index is 12.9. The maximum Gasteiger partial charge on any atom is 0.420 e. The predicted molar refractivity (Wildman–Crippen MR) is 119 cm³/mol. The average Bonchev–Trinajstić information content (AvgIpc) is 3.14. The first kappa shape index (κ1) is 20.5. The molecule has 168 valence electrons. The van der Waals surface area contributed by atoms with Gasteiger partial charge in [0.25, 0.3) is 0 Å². The smallest absolute Gasteiger partial charge is 0.408 e. The second kappa shape index (κ2) is 8.62. The topological polar surface area (TPSA) is 96.9 Å². The van der Waals surface area contributed by atoms with E-state index in [1.807, 2.05) is 19.1 Å². The second-order valence-corrected chi connectivity index (χ2v) is 8.06. The first-order chi connectivity index (χ1) is 15.6. The Morgan fingerprint density at radius 2 is 1.75 bits per heavy atom. The maximum absolute atomic E-state index is 12.9. The number of nitrogens with zero attached hydrogens (tertiary/aromatic N) is 6. The van der Waals surface area contributed by atoms with E-state index in [4.69, 9.17) is 14.1 Å². The number of hydrogen-bond acceptors (Lipinski definition) is 8. The number of para-hydroxylation sites is 2. The third kappa shape index (κ3) is 4.05. The van der Waals surface area contributed by atoms with E-state index in [-0.39, 0.29) is 12.5 Å². The van der Waals surface area contributed by atoms with E-state index in [1.165, 1.54) is 4.57 Å². The molecule has 1 amide bonds. The fourth-order valence-electron chi connectivity index (χ4n) is 4.19. The van der Waals surface area contributed by atoms with Gasteiger partial charge in [0.1, 0.15) is 12.4 Å². The minimum atomic E-state index is -0.509. The van der Waals surface area contributed by atoms with E-state index in [1.54, 1.807) is 23.1 Å². The lowest BCUT2D eigenvalue weighted by atomic mass is 10.3. The van der Waals surface area contributed by atoms with Crippen molar-refractivity contribution in [3.63, 3.8) is 0 Å². The monoisotopic (exact) mass is 438 g/mol. The van der Waals surface area contributed by atoms with Gasteiger partial charge >= 0.3 is 5.76 Å². The summed E-state index contributed by atoms with van der Waals surface area (Å²) in [5.41, 5.74) is 2.04. The summed E-state index contributed by atoms with van der Waals surface area (Å²) in [6.07, 6.45) is 0. The summed E-state index contributed by atoms with van der Waals surface area (Å²) in [6.45, 7) is 7.37. The summed E-state index contributed by atoms with van der Waals surface area (Å²) in [5, 5.41) is 0. The fourth-order valence-corrected chi connectivity index (χ4v) is 4.19. The third-order valence-electron chi connectivity index (χ3n) is 5.95. The van der Waals surface area contributed by atoms with Crippen LogP contribution in [-0.4, -0.2) is 77.8 Å². The molecule has 0 aliphatic carbocycles. The molecule has 2 saturated heterocycles. The predicted octanol–water partition coefficient (Wildman–Crippen LogP) is 0.878. The van der Waals surface area contributed by atoms with Gasteiger partial charge in [0.05, 0.1) is 18.7 Å². The number of aryl methyl sites for hydroxylation is 1. The van der Waals surface area contributed by atoms with Crippen LogP contribution in [0.4, 0.5) is 11.8 Å². The van der Waals surface area contributed by atoms with Gasteiger partial charge in [0, 0.05) is 51.0 Å². The van der Waals surface area contributed by atoms with Gasteiger partial charge in [-0.05, 0) is 19.1 Å². The van der Waals surface area contributed by atoms with Crippen LogP contribution in [0.25, 0.3) is 11.1 Å². The molecule has 10 nitrogen and oxygen atoms in total. The Bertz CT molecular complexity index is 1170. The van der Waals surface area contributed by atoms with Crippen molar-refractivity contribution in [1.82, 2.24) is 19.4 Å². The molecule has 32 heavy (non-hydrogen) atoms. The van der Waals surface area contributed by atoms with E-state index in [2.05, 4.69) is 14.8 Å². The van der Waals surface area contributed by atoms with Crippen molar-refractivity contribution < 1.29 is 13.9 Å². The number of aromatic nitrogens is 3. The number of piperazine rings is 1. The van der Waals surface area contributed by atoms with Crippen LogP contribution in [0.1, 0.15) is 5.69 Å². The molecule has 2 aromatic heterocycles. The van der Waals surface area contributed by atoms with Crippen molar-refractivity contribution >= 4 is 28.8 Å². The lowest BCUT2D eigenvalue weighted by molar-refractivity contribution is -0.132. The summed E-state index contributed by atoms with van der Waals surface area (Å²) >= 11 is 0. The van der Waals surface area contributed by atoms with Crippen LogP contribution in [0, 0.1) is 6.92 Å². The number of fused-ring (bicyclic) bond motifs is 1.